The molecule has 51 heavy (non-hydrogen) atoms. The number of ether oxygens (including phenoxy) is 2. The van der Waals surface area contributed by atoms with Gasteiger partial charge in [0, 0.05) is 33.4 Å². The number of rotatable bonds is 7. The Kier molecular flexibility index (Phi) is 8.87. The maximum Gasteiger partial charge on any atom is 0.182 e. The molecule has 2 heterocycles. The van der Waals surface area contributed by atoms with Crippen LogP contribution >= 0.6 is 0 Å². The molecule has 0 saturated carbocycles. The van der Waals surface area contributed by atoms with Crippen molar-refractivity contribution in [2.24, 2.45) is 0 Å². The fourth-order valence-corrected chi connectivity index (χ4v) is 6.74. The first kappa shape index (κ1) is 33.6. The smallest absolute Gasteiger partial charge is 0.182 e. The SMILES string of the molecule is Cc1cccc(N2CC(=O)c3ccc(Oc4ccc(C(C)(C)c5ccc(Oc6ccc7c(c6)C(=O)CN(C)CC7=O)cc5)cc4)cc3C(=O)C2)c1. The van der Waals surface area contributed by atoms with Gasteiger partial charge in [-0.15, -0.1) is 0 Å². The molecular formula is C43H38N2O6. The average molecular weight is 679 g/mol. The minimum atomic E-state index is -0.347. The Morgan fingerprint density at radius 3 is 1.43 bits per heavy atom. The lowest BCUT2D eigenvalue weighted by Crippen LogP contribution is -2.31. The molecule has 5 aromatic rings. The zero-order valence-electron chi connectivity index (χ0n) is 29.1. The van der Waals surface area contributed by atoms with Crippen molar-refractivity contribution in [3.05, 3.63) is 148 Å². The molecule has 0 unspecified atom stereocenters. The van der Waals surface area contributed by atoms with Gasteiger partial charge in [0.2, 0.25) is 0 Å². The molecule has 2 aliphatic rings. The van der Waals surface area contributed by atoms with Gasteiger partial charge in [0.05, 0.1) is 26.2 Å². The standard InChI is InChI=1S/C43H38N2O6/c1-27-6-5-7-30(20-27)45-25-41(48)36-19-17-34(22-38(36)42(49)26-45)51-32-14-10-29(11-15-32)43(2,3)28-8-12-31(13-9-28)50-33-16-18-35-37(21-33)40(47)24-44(4)23-39(35)46/h5-22H,23-26H2,1-4H3. The third-order valence-corrected chi connectivity index (χ3v) is 9.67. The molecule has 2 aliphatic heterocycles. The summed E-state index contributed by atoms with van der Waals surface area (Å²) in [6, 6.07) is 33.6. The lowest BCUT2D eigenvalue weighted by atomic mass is 9.78. The number of Topliss-reactive ketones (excluding diaryl/α,β-unsaturated/α-hetero) is 4. The van der Waals surface area contributed by atoms with Crippen molar-refractivity contribution in [3.63, 3.8) is 0 Å². The van der Waals surface area contributed by atoms with Crippen molar-refractivity contribution in [2.75, 3.05) is 38.1 Å². The summed E-state index contributed by atoms with van der Waals surface area (Å²) in [5.74, 6) is 1.79. The van der Waals surface area contributed by atoms with Crippen LogP contribution in [0.3, 0.4) is 0 Å². The fourth-order valence-electron chi connectivity index (χ4n) is 6.74. The van der Waals surface area contributed by atoms with Crippen molar-refractivity contribution in [2.45, 2.75) is 26.2 Å². The second kappa shape index (κ2) is 13.5. The maximum absolute atomic E-state index is 13.3. The molecule has 5 aromatic carbocycles. The fraction of sp³-hybridized carbons (Fsp3) is 0.209. The van der Waals surface area contributed by atoms with Crippen LogP contribution in [-0.4, -0.2) is 61.3 Å². The number of hydrogen-bond donors (Lipinski definition) is 0. The van der Waals surface area contributed by atoms with Crippen LogP contribution in [0.1, 0.15) is 72.0 Å². The summed E-state index contributed by atoms with van der Waals surface area (Å²) in [6.07, 6.45) is 0. The van der Waals surface area contributed by atoms with E-state index < -0.39 is 0 Å². The van der Waals surface area contributed by atoms with Gasteiger partial charge in [-0.05, 0) is 103 Å². The number of carbonyl (C=O) groups excluding carboxylic acids is 4. The van der Waals surface area contributed by atoms with Gasteiger partial charge in [0.15, 0.2) is 23.1 Å². The van der Waals surface area contributed by atoms with Crippen molar-refractivity contribution < 1.29 is 28.7 Å². The second-order valence-electron chi connectivity index (χ2n) is 13.9. The van der Waals surface area contributed by atoms with E-state index in [1.54, 1.807) is 48.3 Å². The molecule has 256 valence electrons. The molecule has 7 rings (SSSR count). The summed E-state index contributed by atoms with van der Waals surface area (Å²) in [5, 5.41) is 0. The van der Waals surface area contributed by atoms with Crippen LogP contribution < -0.4 is 14.4 Å². The predicted molar refractivity (Wildman–Crippen MR) is 196 cm³/mol. The van der Waals surface area contributed by atoms with Gasteiger partial charge in [-0.3, -0.25) is 24.1 Å². The highest BCUT2D eigenvalue weighted by atomic mass is 16.5. The first-order valence-electron chi connectivity index (χ1n) is 16.9. The predicted octanol–water partition coefficient (Wildman–Crippen LogP) is 8.10. The Balaban J connectivity index is 1.03. The summed E-state index contributed by atoms with van der Waals surface area (Å²) in [5.41, 5.74) is 5.31. The Morgan fingerprint density at radius 2 is 0.941 bits per heavy atom. The molecule has 0 fully saturated rings. The molecule has 0 radical (unpaired) electrons. The summed E-state index contributed by atoms with van der Waals surface area (Å²) in [7, 11) is 1.76. The number of ketones is 4. The van der Waals surface area contributed by atoms with Crippen LogP contribution in [0.2, 0.25) is 0 Å². The minimum Gasteiger partial charge on any atom is -0.457 e. The number of carbonyl (C=O) groups is 4. The van der Waals surface area contributed by atoms with Crippen LogP contribution in [0.25, 0.3) is 0 Å². The van der Waals surface area contributed by atoms with E-state index in [9.17, 15) is 19.2 Å². The highest BCUT2D eigenvalue weighted by molar-refractivity contribution is 6.14. The van der Waals surface area contributed by atoms with Crippen LogP contribution in [0.15, 0.2) is 109 Å². The minimum absolute atomic E-state index is 0.0785. The van der Waals surface area contributed by atoms with Crippen LogP contribution in [0.5, 0.6) is 23.0 Å². The van der Waals surface area contributed by atoms with Crippen LogP contribution in [0.4, 0.5) is 5.69 Å². The van der Waals surface area contributed by atoms with E-state index in [0.29, 0.717) is 45.3 Å². The monoisotopic (exact) mass is 678 g/mol. The lowest BCUT2D eigenvalue weighted by Gasteiger charge is -2.26. The molecule has 8 nitrogen and oxygen atoms in total. The molecule has 0 bridgehead atoms. The second-order valence-corrected chi connectivity index (χ2v) is 13.9. The Labute approximate surface area is 297 Å². The Hall–Kier alpha value is -5.86. The average Bonchev–Trinajstić information content (AvgIpc) is 3.30. The van der Waals surface area contributed by atoms with E-state index in [4.69, 9.17) is 9.47 Å². The van der Waals surface area contributed by atoms with Gasteiger partial charge >= 0.3 is 0 Å². The molecular weight excluding hydrogens is 640 g/mol. The van der Waals surface area contributed by atoms with Gasteiger partial charge in [-0.1, -0.05) is 50.2 Å². The zero-order chi connectivity index (χ0) is 35.9. The van der Waals surface area contributed by atoms with Gasteiger partial charge in [0.25, 0.3) is 0 Å². The Bertz CT molecular complexity index is 2190. The highest BCUT2D eigenvalue weighted by Gasteiger charge is 2.28. The molecule has 0 atom stereocenters. The van der Waals surface area contributed by atoms with E-state index in [2.05, 4.69) is 13.8 Å². The van der Waals surface area contributed by atoms with E-state index in [0.717, 1.165) is 22.4 Å². The van der Waals surface area contributed by atoms with Crippen molar-refractivity contribution in [3.8, 4) is 23.0 Å². The van der Waals surface area contributed by atoms with E-state index >= 15 is 0 Å². The summed E-state index contributed by atoms with van der Waals surface area (Å²) >= 11 is 0. The van der Waals surface area contributed by atoms with Gasteiger partial charge in [0.1, 0.15) is 23.0 Å². The summed E-state index contributed by atoms with van der Waals surface area (Å²) < 4.78 is 12.3. The topological polar surface area (TPSA) is 93.2 Å². The normalized spacial score (nSPS) is 15.2. The van der Waals surface area contributed by atoms with Crippen molar-refractivity contribution in [1.29, 1.82) is 0 Å². The zero-order valence-corrected chi connectivity index (χ0v) is 29.1. The van der Waals surface area contributed by atoms with E-state index in [1.807, 2.05) is 84.6 Å². The first-order chi connectivity index (χ1) is 24.4. The summed E-state index contributed by atoms with van der Waals surface area (Å²) in [6.45, 7) is 6.90. The molecule has 0 amide bonds. The summed E-state index contributed by atoms with van der Waals surface area (Å²) in [4.78, 5) is 55.3. The molecule has 8 heteroatoms. The Morgan fingerprint density at radius 1 is 0.510 bits per heavy atom. The number of benzene rings is 5. The molecule has 0 aliphatic carbocycles. The maximum atomic E-state index is 13.3. The number of aryl methyl sites for hydroxylation is 1. The van der Waals surface area contributed by atoms with Gasteiger partial charge in [-0.25, -0.2) is 0 Å². The van der Waals surface area contributed by atoms with Crippen LogP contribution in [-0.2, 0) is 5.41 Å². The van der Waals surface area contributed by atoms with Crippen molar-refractivity contribution in [1.82, 2.24) is 4.90 Å². The van der Waals surface area contributed by atoms with Crippen LogP contribution in [0, 0.1) is 6.92 Å². The molecule has 0 aromatic heterocycles. The third kappa shape index (κ3) is 6.96. The van der Waals surface area contributed by atoms with E-state index in [-0.39, 0.29) is 54.7 Å². The van der Waals surface area contributed by atoms with Crippen molar-refractivity contribution >= 4 is 28.8 Å². The number of anilines is 1. The quantitative estimate of drug-likeness (QED) is 0.171. The third-order valence-electron chi connectivity index (χ3n) is 9.67. The van der Waals surface area contributed by atoms with E-state index in [1.165, 1.54) is 0 Å². The number of likely N-dealkylation sites (N-methyl/N-ethyl adjacent to an activating group) is 1. The first-order valence-corrected chi connectivity index (χ1v) is 16.9. The highest BCUT2D eigenvalue weighted by Crippen LogP contribution is 2.36. The number of hydrogen-bond acceptors (Lipinski definition) is 8. The number of nitrogens with zero attached hydrogens (tertiary/aromatic N) is 2. The lowest BCUT2D eigenvalue weighted by molar-refractivity contribution is 0.0920. The molecule has 0 saturated heterocycles. The molecule has 0 spiro atoms. The number of fused-ring (bicyclic) bond motifs is 2. The van der Waals surface area contributed by atoms with Gasteiger partial charge < -0.3 is 14.4 Å². The van der Waals surface area contributed by atoms with Gasteiger partial charge in [-0.2, -0.15) is 0 Å². The molecule has 0 N–H and O–H groups in total. The largest absolute Gasteiger partial charge is 0.457 e.